The summed E-state index contributed by atoms with van der Waals surface area (Å²) in [6, 6.07) is 15.9. The summed E-state index contributed by atoms with van der Waals surface area (Å²) in [6.45, 7) is 1.29. The highest BCUT2D eigenvalue weighted by atomic mass is 19.1. The Morgan fingerprint density at radius 3 is 2.74 bits per heavy atom. The molecule has 4 heterocycles. The summed E-state index contributed by atoms with van der Waals surface area (Å²) in [6.07, 6.45) is 3.69. The van der Waals surface area contributed by atoms with Crippen LogP contribution in [0.5, 0.6) is 0 Å². The number of anilines is 1. The SMILES string of the molecule is Cn1cc(C(=O)N2CCOC[C@@H]2c2ccc(F)cc2)c2cc(-c3ccn4nc(N)nc4c3)ccc21. The zero-order valence-corrected chi connectivity index (χ0v) is 19.1. The molecular formula is C26H23FN6O2. The Bertz CT molecular complexity index is 1570. The van der Waals surface area contributed by atoms with Gasteiger partial charge >= 0.3 is 0 Å². The molecular weight excluding hydrogens is 447 g/mol. The molecule has 6 rings (SSSR count). The van der Waals surface area contributed by atoms with Crippen LogP contribution in [-0.4, -0.2) is 49.7 Å². The van der Waals surface area contributed by atoms with E-state index in [0.29, 0.717) is 31.0 Å². The van der Waals surface area contributed by atoms with Crippen molar-refractivity contribution in [3.63, 3.8) is 0 Å². The maximum atomic E-state index is 13.9. The lowest BCUT2D eigenvalue weighted by Gasteiger charge is -2.36. The van der Waals surface area contributed by atoms with Gasteiger partial charge in [0.1, 0.15) is 5.82 Å². The third-order valence-corrected chi connectivity index (χ3v) is 6.55. The number of aryl methyl sites for hydroxylation is 1. The fourth-order valence-electron chi connectivity index (χ4n) is 4.78. The first-order chi connectivity index (χ1) is 17.0. The minimum Gasteiger partial charge on any atom is -0.377 e. The van der Waals surface area contributed by atoms with Gasteiger partial charge in [0.05, 0.1) is 24.8 Å². The number of nitrogens with zero attached hydrogens (tertiary/aromatic N) is 5. The Kier molecular flexibility index (Phi) is 5.00. The van der Waals surface area contributed by atoms with E-state index < -0.39 is 0 Å². The molecule has 1 fully saturated rings. The maximum Gasteiger partial charge on any atom is 0.256 e. The van der Waals surface area contributed by atoms with Crippen LogP contribution in [0.4, 0.5) is 10.3 Å². The van der Waals surface area contributed by atoms with Crippen molar-refractivity contribution in [1.29, 1.82) is 0 Å². The van der Waals surface area contributed by atoms with Gasteiger partial charge in [-0.3, -0.25) is 4.79 Å². The molecule has 1 saturated heterocycles. The Labute approximate surface area is 200 Å². The number of pyridine rings is 1. The molecule has 0 unspecified atom stereocenters. The highest BCUT2D eigenvalue weighted by molar-refractivity contribution is 6.08. The first-order valence-electron chi connectivity index (χ1n) is 11.3. The van der Waals surface area contributed by atoms with E-state index in [4.69, 9.17) is 10.5 Å². The van der Waals surface area contributed by atoms with E-state index in [0.717, 1.165) is 27.6 Å². The third-order valence-electron chi connectivity index (χ3n) is 6.55. The number of rotatable bonds is 3. The number of fused-ring (bicyclic) bond motifs is 2. The average molecular weight is 471 g/mol. The second kappa shape index (κ2) is 8.21. The summed E-state index contributed by atoms with van der Waals surface area (Å²) < 4.78 is 22.8. The number of hydrogen-bond acceptors (Lipinski definition) is 5. The van der Waals surface area contributed by atoms with Crippen molar-refractivity contribution >= 4 is 28.4 Å². The largest absolute Gasteiger partial charge is 0.377 e. The van der Waals surface area contributed by atoms with E-state index in [9.17, 15) is 9.18 Å². The minimum atomic E-state index is -0.308. The topological polar surface area (TPSA) is 90.7 Å². The molecule has 1 atom stereocenters. The number of carbonyl (C=O) groups is 1. The van der Waals surface area contributed by atoms with Crippen molar-refractivity contribution in [2.45, 2.75) is 6.04 Å². The molecule has 0 bridgehead atoms. The van der Waals surface area contributed by atoms with Crippen LogP contribution in [0.2, 0.25) is 0 Å². The molecule has 35 heavy (non-hydrogen) atoms. The highest BCUT2D eigenvalue weighted by Crippen LogP contribution is 2.32. The van der Waals surface area contributed by atoms with Crippen LogP contribution in [0.1, 0.15) is 22.0 Å². The van der Waals surface area contributed by atoms with Gasteiger partial charge in [0.2, 0.25) is 5.95 Å². The van der Waals surface area contributed by atoms with Crippen LogP contribution in [0, 0.1) is 5.82 Å². The predicted molar refractivity (Wildman–Crippen MR) is 130 cm³/mol. The number of benzene rings is 2. The number of aromatic nitrogens is 4. The van der Waals surface area contributed by atoms with Crippen LogP contribution < -0.4 is 5.73 Å². The molecule has 2 N–H and O–H groups in total. The first-order valence-corrected chi connectivity index (χ1v) is 11.3. The van der Waals surface area contributed by atoms with Crippen molar-refractivity contribution in [3.05, 3.63) is 83.9 Å². The third kappa shape index (κ3) is 3.70. The molecule has 1 aliphatic heterocycles. The summed E-state index contributed by atoms with van der Waals surface area (Å²) in [5.74, 6) is -0.169. The first kappa shape index (κ1) is 21.3. The summed E-state index contributed by atoms with van der Waals surface area (Å²) in [7, 11) is 1.93. The van der Waals surface area contributed by atoms with Crippen LogP contribution in [0.25, 0.3) is 27.7 Å². The zero-order chi connectivity index (χ0) is 24.1. The predicted octanol–water partition coefficient (Wildman–Crippen LogP) is 3.82. The van der Waals surface area contributed by atoms with Gasteiger partial charge in [-0.05, 0) is 53.1 Å². The number of ether oxygens (including phenoxy) is 1. The molecule has 1 amide bonds. The molecule has 0 aliphatic carbocycles. The number of morpholine rings is 1. The standard InChI is InChI=1S/C26H23FN6O2/c1-31-14-21(25(34)32-10-11-35-15-23(32)16-2-5-19(27)6-3-16)20-12-17(4-7-22(20)31)18-8-9-33-24(13-18)29-26(28)30-33/h2-9,12-14,23H,10-11,15H2,1H3,(H2,28,30)/t23-/m1/s1. The second-order valence-corrected chi connectivity index (χ2v) is 8.71. The summed E-state index contributed by atoms with van der Waals surface area (Å²) in [5.41, 5.74) is 10.7. The molecule has 0 radical (unpaired) electrons. The van der Waals surface area contributed by atoms with Crippen molar-refractivity contribution in [2.24, 2.45) is 7.05 Å². The van der Waals surface area contributed by atoms with Crippen LogP contribution >= 0.6 is 0 Å². The van der Waals surface area contributed by atoms with Crippen LogP contribution in [0.15, 0.2) is 67.0 Å². The molecule has 176 valence electrons. The fourth-order valence-corrected chi connectivity index (χ4v) is 4.78. The molecule has 9 heteroatoms. The lowest BCUT2D eigenvalue weighted by Crippen LogP contribution is -2.43. The molecule has 2 aromatic carbocycles. The Balaban J connectivity index is 1.40. The van der Waals surface area contributed by atoms with Gasteiger partial charge in [-0.25, -0.2) is 8.91 Å². The van der Waals surface area contributed by atoms with Crippen molar-refractivity contribution in [2.75, 3.05) is 25.5 Å². The number of hydrogen-bond donors (Lipinski definition) is 1. The molecule has 5 aromatic rings. The molecule has 0 saturated carbocycles. The molecule has 1 aliphatic rings. The normalized spacial score (nSPS) is 16.3. The number of carbonyl (C=O) groups excluding carboxylic acids is 1. The van der Waals surface area contributed by atoms with Crippen molar-refractivity contribution < 1.29 is 13.9 Å². The Hall–Kier alpha value is -4.24. The van der Waals surface area contributed by atoms with Crippen molar-refractivity contribution in [3.8, 4) is 11.1 Å². The van der Waals surface area contributed by atoms with Gasteiger partial charge < -0.3 is 19.9 Å². The second-order valence-electron chi connectivity index (χ2n) is 8.71. The molecule has 3 aromatic heterocycles. The van der Waals surface area contributed by atoms with Crippen LogP contribution in [0.3, 0.4) is 0 Å². The summed E-state index contributed by atoms with van der Waals surface area (Å²) >= 11 is 0. The monoisotopic (exact) mass is 470 g/mol. The van der Waals surface area contributed by atoms with E-state index >= 15 is 0 Å². The summed E-state index contributed by atoms with van der Waals surface area (Å²) in [5, 5.41) is 4.99. The van der Waals surface area contributed by atoms with E-state index in [1.807, 2.05) is 59.2 Å². The van der Waals surface area contributed by atoms with Gasteiger partial charge in [0, 0.05) is 36.9 Å². The van der Waals surface area contributed by atoms with E-state index in [1.165, 1.54) is 12.1 Å². The molecule has 0 spiro atoms. The maximum absolute atomic E-state index is 13.9. The number of nitrogens with two attached hydrogens (primary N) is 1. The van der Waals surface area contributed by atoms with Gasteiger partial charge in [-0.15, -0.1) is 5.10 Å². The fraction of sp³-hybridized carbons (Fsp3) is 0.192. The van der Waals surface area contributed by atoms with E-state index in [1.54, 1.807) is 16.6 Å². The lowest BCUT2D eigenvalue weighted by molar-refractivity contribution is -0.00261. The Morgan fingerprint density at radius 2 is 1.91 bits per heavy atom. The number of nitrogen functional groups attached to an aromatic ring is 1. The lowest BCUT2D eigenvalue weighted by atomic mass is 10.0. The van der Waals surface area contributed by atoms with E-state index in [2.05, 4.69) is 10.1 Å². The number of amides is 1. The quantitative estimate of drug-likeness (QED) is 0.433. The molecule has 8 nitrogen and oxygen atoms in total. The van der Waals surface area contributed by atoms with Gasteiger partial charge in [0.15, 0.2) is 5.65 Å². The van der Waals surface area contributed by atoms with Gasteiger partial charge in [-0.1, -0.05) is 18.2 Å². The number of halogens is 1. The summed E-state index contributed by atoms with van der Waals surface area (Å²) in [4.78, 5) is 19.9. The van der Waals surface area contributed by atoms with Gasteiger partial charge in [-0.2, -0.15) is 4.98 Å². The highest BCUT2D eigenvalue weighted by Gasteiger charge is 2.31. The van der Waals surface area contributed by atoms with E-state index in [-0.39, 0.29) is 23.7 Å². The zero-order valence-electron chi connectivity index (χ0n) is 19.1. The minimum absolute atomic E-state index is 0.0777. The van der Waals surface area contributed by atoms with Gasteiger partial charge in [0.25, 0.3) is 5.91 Å². The smallest absolute Gasteiger partial charge is 0.256 e. The Morgan fingerprint density at radius 1 is 1.11 bits per heavy atom. The van der Waals surface area contributed by atoms with Crippen molar-refractivity contribution in [1.82, 2.24) is 24.1 Å². The van der Waals surface area contributed by atoms with Crippen LogP contribution in [-0.2, 0) is 11.8 Å². The average Bonchev–Trinajstić information content (AvgIpc) is 3.42.